The molecular formula is C21H27N7O. The number of hydrogen-bond acceptors (Lipinski definition) is 7. The van der Waals surface area contributed by atoms with Crippen molar-refractivity contribution in [3.05, 3.63) is 36.9 Å². The minimum absolute atomic E-state index is 0.178. The first-order valence-electron chi connectivity index (χ1n) is 10.6. The first-order chi connectivity index (χ1) is 14.2. The van der Waals surface area contributed by atoms with Gasteiger partial charge < -0.3 is 15.1 Å². The van der Waals surface area contributed by atoms with Gasteiger partial charge in [-0.2, -0.15) is 0 Å². The Balaban J connectivity index is 1.42. The van der Waals surface area contributed by atoms with E-state index in [0.717, 1.165) is 45.0 Å². The number of carbonyl (C=O) groups is 1. The van der Waals surface area contributed by atoms with E-state index in [1.54, 1.807) is 24.8 Å². The molecule has 5 rings (SSSR count). The van der Waals surface area contributed by atoms with E-state index in [1.807, 2.05) is 12.1 Å². The fourth-order valence-corrected chi connectivity index (χ4v) is 4.78. The van der Waals surface area contributed by atoms with Crippen molar-refractivity contribution in [2.45, 2.75) is 25.7 Å². The summed E-state index contributed by atoms with van der Waals surface area (Å²) in [5.74, 6) is 2.50. The summed E-state index contributed by atoms with van der Waals surface area (Å²) in [6.07, 6.45) is 11.4. The second kappa shape index (κ2) is 7.57. The molecule has 8 heteroatoms. The van der Waals surface area contributed by atoms with Gasteiger partial charge in [-0.25, -0.2) is 19.9 Å². The molecule has 2 aromatic rings. The molecular weight excluding hydrogens is 366 g/mol. The molecule has 2 saturated heterocycles. The lowest BCUT2D eigenvalue weighted by Gasteiger charge is -2.32. The molecule has 8 nitrogen and oxygen atoms in total. The summed E-state index contributed by atoms with van der Waals surface area (Å²) in [4.78, 5) is 35.7. The van der Waals surface area contributed by atoms with Crippen LogP contribution < -0.4 is 15.1 Å². The summed E-state index contributed by atoms with van der Waals surface area (Å²) in [6, 6.07) is 3.66. The molecule has 3 aliphatic rings. The number of carbonyl (C=O) groups excluding carboxylic acids is 1. The van der Waals surface area contributed by atoms with Crippen molar-refractivity contribution in [3.8, 4) is 0 Å². The average Bonchev–Trinajstić information content (AvgIpc) is 3.56. The summed E-state index contributed by atoms with van der Waals surface area (Å²) in [5, 5.41) is 3.27. The molecule has 0 spiro atoms. The fourth-order valence-electron chi connectivity index (χ4n) is 4.78. The maximum atomic E-state index is 13.5. The monoisotopic (exact) mass is 393 g/mol. The molecule has 1 N–H and O–H groups in total. The molecule has 0 unspecified atom stereocenters. The second-order valence-corrected chi connectivity index (χ2v) is 8.53. The van der Waals surface area contributed by atoms with Crippen LogP contribution in [0.4, 0.5) is 11.9 Å². The van der Waals surface area contributed by atoms with Gasteiger partial charge in [-0.1, -0.05) is 0 Å². The highest BCUT2D eigenvalue weighted by atomic mass is 16.2. The first-order valence-corrected chi connectivity index (χ1v) is 10.6. The van der Waals surface area contributed by atoms with Gasteiger partial charge in [-0.15, -0.1) is 0 Å². The first kappa shape index (κ1) is 18.3. The van der Waals surface area contributed by atoms with Crippen LogP contribution in [0.15, 0.2) is 36.9 Å². The molecule has 29 heavy (non-hydrogen) atoms. The zero-order chi connectivity index (χ0) is 19.7. The molecule has 3 fully saturated rings. The van der Waals surface area contributed by atoms with Gasteiger partial charge in [-0.3, -0.25) is 4.79 Å². The van der Waals surface area contributed by atoms with Crippen molar-refractivity contribution < 1.29 is 4.79 Å². The summed E-state index contributed by atoms with van der Waals surface area (Å²) >= 11 is 0. The summed E-state index contributed by atoms with van der Waals surface area (Å²) in [5.41, 5.74) is -0.419. The third-order valence-electron chi connectivity index (χ3n) is 6.56. The third kappa shape index (κ3) is 3.63. The molecule has 1 amide bonds. The van der Waals surface area contributed by atoms with Crippen molar-refractivity contribution in [2.75, 3.05) is 42.5 Å². The topological polar surface area (TPSA) is 87.1 Å². The van der Waals surface area contributed by atoms with Crippen LogP contribution in [-0.4, -0.2) is 58.6 Å². The Labute approximate surface area is 170 Å². The van der Waals surface area contributed by atoms with Gasteiger partial charge in [0.2, 0.25) is 17.8 Å². The predicted octanol–water partition coefficient (Wildman–Crippen LogP) is 1.52. The molecule has 0 aromatic carbocycles. The molecule has 2 aliphatic heterocycles. The average molecular weight is 393 g/mol. The lowest BCUT2D eigenvalue weighted by Crippen LogP contribution is -2.48. The molecule has 0 bridgehead atoms. The molecule has 0 radical (unpaired) electrons. The van der Waals surface area contributed by atoms with Gasteiger partial charge in [0.15, 0.2) is 0 Å². The van der Waals surface area contributed by atoms with Gasteiger partial charge in [-0.05, 0) is 43.7 Å². The smallest absolute Gasteiger partial charge is 0.228 e. The van der Waals surface area contributed by atoms with Crippen molar-refractivity contribution in [1.82, 2.24) is 25.3 Å². The van der Waals surface area contributed by atoms with Gasteiger partial charge in [0, 0.05) is 63.4 Å². The SMILES string of the molecule is O=C(NCC1CC1)[C@]12CCCN(c3ncccn3)C[C@H]1CN(c1ncccn1)C2. The molecule has 2 atom stereocenters. The Morgan fingerprint density at radius 2 is 1.62 bits per heavy atom. The van der Waals surface area contributed by atoms with Crippen LogP contribution in [0.2, 0.25) is 0 Å². The number of aromatic nitrogens is 4. The zero-order valence-corrected chi connectivity index (χ0v) is 16.6. The maximum absolute atomic E-state index is 13.5. The number of anilines is 2. The van der Waals surface area contributed by atoms with E-state index in [0.29, 0.717) is 18.4 Å². The van der Waals surface area contributed by atoms with Gasteiger partial charge in [0.1, 0.15) is 0 Å². The van der Waals surface area contributed by atoms with Crippen LogP contribution in [0.1, 0.15) is 25.7 Å². The Morgan fingerprint density at radius 3 is 2.28 bits per heavy atom. The Bertz CT molecular complexity index is 845. The largest absolute Gasteiger partial charge is 0.355 e. The lowest BCUT2D eigenvalue weighted by atomic mass is 9.74. The lowest BCUT2D eigenvalue weighted by molar-refractivity contribution is -0.132. The second-order valence-electron chi connectivity index (χ2n) is 8.53. The number of amides is 1. The summed E-state index contributed by atoms with van der Waals surface area (Å²) in [7, 11) is 0. The van der Waals surface area contributed by atoms with E-state index in [2.05, 4.69) is 35.1 Å². The zero-order valence-electron chi connectivity index (χ0n) is 16.6. The number of nitrogens with one attached hydrogen (secondary N) is 1. The molecule has 4 heterocycles. The number of fused-ring (bicyclic) bond motifs is 1. The predicted molar refractivity (Wildman–Crippen MR) is 109 cm³/mol. The van der Waals surface area contributed by atoms with E-state index >= 15 is 0 Å². The summed E-state index contributed by atoms with van der Waals surface area (Å²) in [6.45, 7) is 3.89. The highest BCUT2D eigenvalue weighted by molar-refractivity contribution is 5.85. The quantitative estimate of drug-likeness (QED) is 0.824. The Kier molecular flexibility index (Phi) is 4.77. The van der Waals surface area contributed by atoms with Crippen LogP contribution in [-0.2, 0) is 4.79 Å². The fraction of sp³-hybridized carbons (Fsp3) is 0.571. The minimum Gasteiger partial charge on any atom is -0.355 e. The minimum atomic E-state index is -0.419. The van der Waals surface area contributed by atoms with Crippen molar-refractivity contribution >= 4 is 17.8 Å². The molecule has 152 valence electrons. The van der Waals surface area contributed by atoms with Crippen LogP contribution in [0.3, 0.4) is 0 Å². The third-order valence-corrected chi connectivity index (χ3v) is 6.56. The summed E-state index contributed by atoms with van der Waals surface area (Å²) < 4.78 is 0. The highest BCUT2D eigenvalue weighted by Gasteiger charge is 2.53. The number of rotatable bonds is 5. The molecule has 2 aromatic heterocycles. The van der Waals surface area contributed by atoms with Crippen LogP contribution in [0.25, 0.3) is 0 Å². The highest BCUT2D eigenvalue weighted by Crippen LogP contribution is 2.44. The van der Waals surface area contributed by atoms with E-state index in [9.17, 15) is 4.79 Å². The maximum Gasteiger partial charge on any atom is 0.228 e. The Morgan fingerprint density at radius 1 is 1.00 bits per heavy atom. The van der Waals surface area contributed by atoms with Gasteiger partial charge in [0.05, 0.1) is 5.41 Å². The molecule has 1 saturated carbocycles. The normalized spacial score (nSPS) is 26.7. The van der Waals surface area contributed by atoms with Crippen LogP contribution >= 0.6 is 0 Å². The van der Waals surface area contributed by atoms with E-state index in [1.165, 1.54) is 12.8 Å². The van der Waals surface area contributed by atoms with Crippen molar-refractivity contribution in [2.24, 2.45) is 17.3 Å². The Hall–Kier alpha value is -2.77. The van der Waals surface area contributed by atoms with Gasteiger partial charge >= 0.3 is 0 Å². The van der Waals surface area contributed by atoms with Crippen molar-refractivity contribution in [1.29, 1.82) is 0 Å². The molecule has 1 aliphatic carbocycles. The van der Waals surface area contributed by atoms with Gasteiger partial charge in [0.25, 0.3) is 0 Å². The standard InChI is InChI=1S/C21H27N7O/c29-18(26-12-16-4-5-16)21-6-1-11-27(19-22-7-2-8-23-19)13-17(21)14-28(15-21)20-24-9-3-10-25-20/h2-3,7-10,16-17H,1,4-6,11-15H2,(H,26,29)/t17-,21-/m0/s1. The van der Waals surface area contributed by atoms with Crippen LogP contribution in [0.5, 0.6) is 0 Å². The van der Waals surface area contributed by atoms with Crippen molar-refractivity contribution in [3.63, 3.8) is 0 Å². The van der Waals surface area contributed by atoms with E-state index in [-0.39, 0.29) is 11.8 Å². The van der Waals surface area contributed by atoms with E-state index in [4.69, 9.17) is 0 Å². The van der Waals surface area contributed by atoms with Crippen LogP contribution in [0, 0.1) is 17.3 Å². The number of nitrogens with zero attached hydrogens (tertiary/aromatic N) is 6. The number of hydrogen-bond donors (Lipinski definition) is 1. The van der Waals surface area contributed by atoms with E-state index < -0.39 is 5.41 Å².